The van der Waals surface area contributed by atoms with Crippen molar-refractivity contribution in [3.05, 3.63) is 23.9 Å². The minimum absolute atomic E-state index is 0.0124. The first-order valence-corrected chi connectivity index (χ1v) is 7.26. The van der Waals surface area contributed by atoms with E-state index >= 15 is 0 Å². The maximum atomic E-state index is 11.5. The number of carbonyl (C=O) groups excluding carboxylic acids is 1. The summed E-state index contributed by atoms with van der Waals surface area (Å²) in [5.41, 5.74) is 6.55. The lowest BCUT2D eigenvalue weighted by Gasteiger charge is -2.22. The standard InChI is InChI=1S/C15H22N2O3/c1-2-19-15(18)11-8-9-14(17-10-11)20-13-7-5-3-4-6-12(13)16/h8-10,12-13H,2-7,16H2,1H3. The van der Waals surface area contributed by atoms with Crippen molar-refractivity contribution < 1.29 is 14.3 Å². The lowest BCUT2D eigenvalue weighted by Crippen LogP contribution is -2.38. The molecule has 1 aliphatic rings. The monoisotopic (exact) mass is 278 g/mol. The van der Waals surface area contributed by atoms with Crippen LogP contribution in [0.25, 0.3) is 0 Å². The van der Waals surface area contributed by atoms with Crippen molar-refractivity contribution in [3.8, 4) is 5.88 Å². The van der Waals surface area contributed by atoms with Crippen molar-refractivity contribution in [1.82, 2.24) is 4.98 Å². The first kappa shape index (κ1) is 14.8. The molecule has 20 heavy (non-hydrogen) atoms. The molecule has 2 atom stereocenters. The van der Waals surface area contributed by atoms with Gasteiger partial charge in [-0.25, -0.2) is 9.78 Å². The Morgan fingerprint density at radius 1 is 1.35 bits per heavy atom. The maximum absolute atomic E-state index is 11.5. The molecule has 0 bridgehead atoms. The van der Waals surface area contributed by atoms with Crippen LogP contribution in [0.3, 0.4) is 0 Å². The van der Waals surface area contributed by atoms with Crippen molar-refractivity contribution >= 4 is 5.97 Å². The van der Waals surface area contributed by atoms with Gasteiger partial charge in [-0.2, -0.15) is 0 Å². The van der Waals surface area contributed by atoms with Crippen LogP contribution >= 0.6 is 0 Å². The summed E-state index contributed by atoms with van der Waals surface area (Å²) in [5.74, 6) is 0.151. The summed E-state index contributed by atoms with van der Waals surface area (Å²) in [6.45, 7) is 2.13. The Labute approximate surface area is 119 Å². The summed E-state index contributed by atoms with van der Waals surface area (Å²) in [5, 5.41) is 0. The number of aromatic nitrogens is 1. The van der Waals surface area contributed by atoms with Gasteiger partial charge in [0.25, 0.3) is 0 Å². The van der Waals surface area contributed by atoms with Crippen LogP contribution < -0.4 is 10.5 Å². The molecule has 5 nitrogen and oxygen atoms in total. The van der Waals surface area contributed by atoms with Crippen molar-refractivity contribution in [2.75, 3.05) is 6.61 Å². The fraction of sp³-hybridized carbons (Fsp3) is 0.600. The Balaban J connectivity index is 1.97. The molecule has 0 saturated heterocycles. The molecule has 0 radical (unpaired) electrons. The maximum Gasteiger partial charge on any atom is 0.339 e. The SMILES string of the molecule is CCOC(=O)c1ccc(OC2CCCCCC2N)nc1. The van der Waals surface area contributed by atoms with E-state index in [1.54, 1.807) is 19.1 Å². The predicted molar refractivity (Wildman–Crippen MR) is 75.7 cm³/mol. The van der Waals surface area contributed by atoms with Crippen LogP contribution in [0.5, 0.6) is 5.88 Å². The number of carbonyl (C=O) groups is 1. The van der Waals surface area contributed by atoms with Gasteiger partial charge in [0.1, 0.15) is 6.10 Å². The third-order valence-corrected chi connectivity index (χ3v) is 3.52. The third-order valence-electron chi connectivity index (χ3n) is 3.52. The number of pyridine rings is 1. The number of rotatable bonds is 4. The minimum Gasteiger partial charge on any atom is -0.473 e. The van der Waals surface area contributed by atoms with Crippen molar-refractivity contribution in [2.24, 2.45) is 5.73 Å². The Kier molecular flexibility index (Phi) is 5.35. The van der Waals surface area contributed by atoms with Gasteiger partial charge in [0, 0.05) is 18.3 Å². The van der Waals surface area contributed by atoms with Crippen molar-refractivity contribution in [1.29, 1.82) is 0 Å². The molecule has 1 fully saturated rings. The molecule has 2 unspecified atom stereocenters. The molecule has 0 aliphatic heterocycles. The number of nitrogens with two attached hydrogens (primary N) is 1. The van der Waals surface area contributed by atoms with Gasteiger partial charge in [0.2, 0.25) is 5.88 Å². The Morgan fingerprint density at radius 2 is 2.15 bits per heavy atom. The van der Waals surface area contributed by atoms with Crippen LogP contribution in [0.2, 0.25) is 0 Å². The van der Waals surface area contributed by atoms with Gasteiger partial charge >= 0.3 is 5.97 Å². The van der Waals surface area contributed by atoms with E-state index in [-0.39, 0.29) is 18.1 Å². The Morgan fingerprint density at radius 3 is 2.85 bits per heavy atom. The molecule has 110 valence electrons. The molecule has 0 amide bonds. The third kappa shape index (κ3) is 3.93. The van der Waals surface area contributed by atoms with Crippen molar-refractivity contribution in [2.45, 2.75) is 51.2 Å². The zero-order chi connectivity index (χ0) is 14.4. The second-order valence-corrected chi connectivity index (χ2v) is 5.06. The van der Waals surface area contributed by atoms with Gasteiger partial charge in [0.15, 0.2) is 0 Å². The molecule has 1 aromatic rings. The van der Waals surface area contributed by atoms with Crippen LogP contribution in [0.15, 0.2) is 18.3 Å². The summed E-state index contributed by atoms with van der Waals surface area (Å²) in [6, 6.07) is 3.43. The zero-order valence-corrected chi connectivity index (χ0v) is 11.9. The molecule has 0 aromatic carbocycles. The summed E-state index contributed by atoms with van der Waals surface area (Å²) in [4.78, 5) is 15.7. The van der Waals surface area contributed by atoms with Crippen LogP contribution in [-0.4, -0.2) is 29.7 Å². The average molecular weight is 278 g/mol. The lowest BCUT2D eigenvalue weighted by molar-refractivity contribution is 0.0525. The highest BCUT2D eigenvalue weighted by molar-refractivity contribution is 5.89. The van der Waals surface area contributed by atoms with Gasteiger partial charge in [0.05, 0.1) is 12.2 Å². The normalized spacial score (nSPS) is 22.9. The number of hydrogen-bond donors (Lipinski definition) is 1. The highest BCUT2D eigenvalue weighted by atomic mass is 16.5. The molecular formula is C15H22N2O3. The molecule has 2 N–H and O–H groups in total. The predicted octanol–water partition coefficient (Wildman–Crippen LogP) is 2.30. The second-order valence-electron chi connectivity index (χ2n) is 5.06. The summed E-state index contributed by atoms with van der Waals surface area (Å²) >= 11 is 0. The highest BCUT2D eigenvalue weighted by Gasteiger charge is 2.22. The van der Waals surface area contributed by atoms with E-state index in [9.17, 15) is 4.79 Å². The number of ether oxygens (including phenoxy) is 2. The van der Waals surface area contributed by atoms with Crippen LogP contribution in [0.4, 0.5) is 0 Å². The van der Waals surface area contributed by atoms with Gasteiger partial charge in [-0.1, -0.05) is 12.8 Å². The molecule has 0 spiro atoms. The number of hydrogen-bond acceptors (Lipinski definition) is 5. The largest absolute Gasteiger partial charge is 0.473 e. The molecule has 1 aromatic heterocycles. The summed E-state index contributed by atoms with van der Waals surface area (Å²) < 4.78 is 10.8. The lowest BCUT2D eigenvalue weighted by atomic mass is 10.1. The van der Waals surface area contributed by atoms with Gasteiger partial charge in [-0.05, 0) is 32.3 Å². The topological polar surface area (TPSA) is 74.4 Å². The molecular weight excluding hydrogens is 256 g/mol. The highest BCUT2D eigenvalue weighted by Crippen LogP contribution is 2.21. The van der Waals surface area contributed by atoms with Gasteiger partial charge in [-0.15, -0.1) is 0 Å². The van der Waals surface area contributed by atoms with Crippen LogP contribution in [-0.2, 0) is 4.74 Å². The molecule has 1 aliphatic carbocycles. The zero-order valence-electron chi connectivity index (χ0n) is 11.9. The summed E-state index contributed by atoms with van der Waals surface area (Å²) in [6.07, 6.45) is 6.96. The number of nitrogens with zero attached hydrogens (tertiary/aromatic N) is 1. The van der Waals surface area contributed by atoms with E-state index in [0.29, 0.717) is 18.1 Å². The quantitative estimate of drug-likeness (QED) is 0.675. The fourth-order valence-corrected chi connectivity index (χ4v) is 2.39. The van der Waals surface area contributed by atoms with Crippen LogP contribution in [0.1, 0.15) is 49.4 Å². The van der Waals surface area contributed by atoms with E-state index in [1.807, 2.05) is 0 Å². The fourth-order valence-electron chi connectivity index (χ4n) is 2.39. The van der Waals surface area contributed by atoms with E-state index in [2.05, 4.69) is 4.98 Å². The second kappa shape index (κ2) is 7.24. The first-order valence-electron chi connectivity index (χ1n) is 7.26. The summed E-state index contributed by atoms with van der Waals surface area (Å²) in [7, 11) is 0. The average Bonchev–Trinajstić information content (AvgIpc) is 2.65. The number of esters is 1. The first-order chi connectivity index (χ1) is 9.70. The van der Waals surface area contributed by atoms with E-state index < -0.39 is 0 Å². The van der Waals surface area contributed by atoms with Gasteiger partial charge in [-0.3, -0.25) is 0 Å². The molecule has 1 heterocycles. The molecule has 5 heteroatoms. The minimum atomic E-state index is -0.363. The van der Waals surface area contributed by atoms with Crippen LogP contribution in [0, 0.1) is 0 Å². The van der Waals surface area contributed by atoms with Crippen molar-refractivity contribution in [3.63, 3.8) is 0 Å². The molecule has 2 rings (SSSR count). The van der Waals surface area contributed by atoms with Gasteiger partial charge < -0.3 is 15.2 Å². The Hall–Kier alpha value is -1.62. The van der Waals surface area contributed by atoms with E-state index in [1.165, 1.54) is 12.6 Å². The molecule has 1 saturated carbocycles. The van der Waals surface area contributed by atoms with E-state index in [4.69, 9.17) is 15.2 Å². The van der Waals surface area contributed by atoms with E-state index in [0.717, 1.165) is 25.7 Å². The smallest absolute Gasteiger partial charge is 0.339 e. The Bertz CT molecular complexity index is 433.